The van der Waals surface area contributed by atoms with Crippen molar-refractivity contribution >= 4 is 11.8 Å². The Bertz CT molecular complexity index is 90.3. The first-order chi connectivity index (χ1) is 6.13. The van der Waals surface area contributed by atoms with Gasteiger partial charge in [-0.2, -0.15) is 11.8 Å². The Morgan fingerprint density at radius 2 is 1.77 bits per heavy atom. The standard InChI is InChI=1S/C11H25NS/c1-10(2)6-5-7-12-8-9-13-11(3)4/h10-12H,5-9H2,1-4H3. The molecule has 0 radical (unpaired) electrons. The molecule has 0 bridgehead atoms. The number of hydrogen-bond acceptors (Lipinski definition) is 2. The molecule has 0 unspecified atom stereocenters. The Morgan fingerprint density at radius 3 is 2.31 bits per heavy atom. The quantitative estimate of drug-likeness (QED) is 0.608. The molecule has 0 aromatic heterocycles. The van der Waals surface area contributed by atoms with Gasteiger partial charge in [-0.15, -0.1) is 0 Å². The highest BCUT2D eigenvalue weighted by Gasteiger charge is 1.95. The van der Waals surface area contributed by atoms with Crippen molar-refractivity contribution in [1.29, 1.82) is 0 Å². The summed E-state index contributed by atoms with van der Waals surface area (Å²) >= 11 is 2.03. The first-order valence-electron chi connectivity index (χ1n) is 5.45. The molecule has 0 aromatic rings. The summed E-state index contributed by atoms with van der Waals surface area (Å²) in [7, 11) is 0. The number of thioether (sulfide) groups is 1. The summed E-state index contributed by atoms with van der Waals surface area (Å²) in [5.41, 5.74) is 0. The average molecular weight is 203 g/mol. The van der Waals surface area contributed by atoms with E-state index in [0.29, 0.717) is 0 Å². The third kappa shape index (κ3) is 12.3. The molecule has 0 heterocycles. The van der Waals surface area contributed by atoms with Gasteiger partial charge in [-0.1, -0.05) is 27.7 Å². The van der Waals surface area contributed by atoms with Crippen LogP contribution >= 0.6 is 11.8 Å². The van der Waals surface area contributed by atoms with Crippen LogP contribution in [-0.2, 0) is 0 Å². The Balaban J connectivity index is 2.92. The summed E-state index contributed by atoms with van der Waals surface area (Å²) in [6.07, 6.45) is 2.67. The molecule has 0 aliphatic heterocycles. The summed E-state index contributed by atoms with van der Waals surface area (Å²) < 4.78 is 0. The summed E-state index contributed by atoms with van der Waals surface area (Å²) in [6.45, 7) is 11.4. The minimum Gasteiger partial charge on any atom is -0.316 e. The molecule has 80 valence electrons. The van der Waals surface area contributed by atoms with Crippen molar-refractivity contribution in [3.63, 3.8) is 0 Å². The van der Waals surface area contributed by atoms with Gasteiger partial charge in [0.1, 0.15) is 0 Å². The summed E-state index contributed by atoms with van der Waals surface area (Å²) in [5.74, 6) is 2.10. The van der Waals surface area contributed by atoms with Gasteiger partial charge in [0.15, 0.2) is 0 Å². The first-order valence-corrected chi connectivity index (χ1v) is 6.50. The normalized spacial score (nSPS) is 11.5. The highest BCUT2D eigenvalue weighted by molar-refractivity contribution is 7.99. The van der Waals surface area contributed by atoms with E-state index >= 15 is 0 Å². The lowest BCUT2D eigenvalue weighted by Gasteiger charge is -2.07. The van der Waals surface area contributed by atoms with Gasteiger partial charge in [-0.3, -0.25) is 0 Å². The Kier molecular flexibility index (Phi) is 9.10. The first kappa shape index (κ1) is 13.3. The molecule has 1 N–H and O–H groups in total. The van der Waals surface area contributed by atoms with Gasteiger partial charge < -0.3 is 5.32 Å². The monoisotopic (exact) mass is 203 g/mol. The largest absolute Gasteiger partial charge is 0.316 e. The van der Waals surface area contributed by atoms with Crippen LogP contribution < -0.4 is 5.32 Å². The molecule has 13 heavy (non-hydrogen) atoms. The molecule has 0 rings (SSSR count). The smallest absolute Gasteiger partial charge is 0.00606 e. The molecule has 0 amide bonds. The Morgan fingerprint density at radius 1 is 1.08 bits per heavy atom. The third-order valence-electron chi connectivity index (χ3n) is 1.87. The minimum atomic E-state index is 0.775. The van der Waals surface area contributed by atoms with Crippen LogP contribution in [-0.4, -0.2) is 24.1 Å². The van der Waals surface area contributed by atoms with E-state index in [4.69, 9.17) is 0 Å². The van der Waals surface area contributed by atoms with E-state index in [1.54, 1.807) is 0 Å². The predicted octanol–water partition coefficient (Wildman–Crippen LogP) is 3.15. The van der Waals surface area contributed by atoms with Gasteiger partial charge in [0.05, 0.1) is 0 Å². The lowest BCUT2D eigenvalue weighted by Crippen LogP contribution is -2.19. The molecule has 0 spiro atoms. The van der Waals surface area contributed by atoms with E-state index < -0.39 is 0 Å². The van der Waals surface area contributed by atoms with E-state index in [2.05, 4.69) is 33.0 Å². The van der Waals surface area contributed by atoms with Gasteiger partial charge in [0.2, 0.25) is 0 Å². The topological polar surface area (TPSA) is 12.0 Å². The molecule has 0 saturated carbocycles. The molecular weight excluding hydrogens is 178 g/mol. The minimum absolute atomic E-state index is 0.775. The van der Waals surface area contributed by atoms with Gasteiger partial charge in [-0.25, -0.2) is 0 Å². The zero-order chi connectivity index (χ0) is 10.1. The van der Waals surface area contributed by atoms with Gasteiger partial charge in [0.25, 0.3) is 0 Å². The molecule has 0 fully saturated rings. The number of nitrogens with one attached hydrogen (secondary N) is 1. The molecule has 0 aliphatic rings. The molecule has 0 atom stereocenters. The van der Waals surface area contributed by atoms with Crippen molar-refractivity contribution in [2.75, 3.05) is 18.8 Å². The van der Waals surface area contributed by atoms with Gasteiger partial charge >= 0.3 is 0 Å². The second kappa shape index (κ2) is 8.89. The SMILES string of the molecule is CC(C)CCCNCCSC(C)C. The van der Waals surface area contributed by atoms with Crippen molar-refractivity contribution in [2.45, 2.75) is 45.8 Å². The lowest BCUT2D eigenvalue weighted by atomic mass is 10.1. The summed E-state index contributed by atoms with van der Waals surface area (Å²) in [6, 6.07) is 0. The van der Waals surface area contributed by atoms with Crippen LogP contribution in [0.3, 0.4) is 0 Å². The van der Waals surface area contributed by atoms with E-state index in [1.165, 1.54) is 31.7 Å². The maximum atomic E-state index is 3.48. The van der Waals surface area contributed by atoms with Crippen LogP contribution in [0.5, 0.6) is 0 Å². The van der Waals surface area contributed by atoms with Gasteiger partial charge in [-0.05, 0) is 30.6 Å². The summed E-state index contributed by atoms with van der Waals surface area (Å²) in [5, 5.41) is 4.25. The molecule has 1 nitrogen and oxygen atoms in total. The fraction of sp³-hybridized carbons (Fsp3) is 1.00. The fourth-order valence-corrected chi connectivity index (χ4v) is 1.86. The number of hydrogen-bond donors (Lipinski definition) is 1. The van der Waals surface area contributed by atoms with Crippen molar-refractivity contribution in [1.82, 2.24) is 5.32 Å². The van der Waals surface area contributed by atoms with Gasteiger partial charge in [0, 0.05) is 12.3 Å². The maximum absolute atomic E-state index is 3.48. The van der Waals surface area contributed by atoms with Crippen molar-refractivity contribution < 1.29 is 0 Å². The van der Waals surface area contributed by atoms with Crippen molar-refractivity contribution in [2.24, 2.45) is 5.92 Å². The van der Waals surface area contributed by atoms with Crippen molar-refractivity contribution in [3.05, 3.63) is 0 Å². The zero-order valence-corrected chi connectivity index (χ0v) is 10.4. The average Bonchev–Trinajstić information content (AvgIpc) is 2.01. The van der Waals surface area contributed by atoms with E-state index in [9.17, 15) is 0 Å². The third-order valence-corrected chi connectivity index (χ3v) is 2.97. The molecular formula is C11H25NS. The molecule has 2 heteroatoms. The van der Waals surface area contributed by atoms with E-state index in [1.807, 2.05) is 11.8 Å². The van der Waals surface area contributed by atoms with Crippen molar-refractivity contribution in [3.8, 4) is 0 Å². The van der Waals surface area contributed by atoms with E-state index in [-0.39, 0.29) is 0 Å². The van der Waals surface area contributed by atoms with Crippen LogP contribution in [0, 0.1) is 5.92 Å². The predicted molar refractivity (Wildman–Crippen MR) is 64.5 cm³/mol. The Hall–Kier alpha value is 0.310. The van der Waals surface area contributed by atoms with Crippen LogP contribution in [0.25, 0.3) is 0 Å². The van der Waals surface area contributed by atoms with Crippen LogP contribution in [0.1, 0.15) is 40.5 Å². The van der Waals surface area contributed by atoms with Crippen LogP contribution in [0.2, 0.25) is 0 Å². The maximum Gasteiger partial charge on any atom is 0.00606 e. The Labute approximate surface area is 88.1 Å². The zero-order valence-electron chi connectivity index (χ0n) is 9.60. The molecule has 0 aliphatic carbocycles. The molecule has 0 aromatic carbocycles. The lowest BCUT2D eigenvalue weighted by molar-refractivity contribution is 0.534. The highest BCUT2D eigenvalue weighted by atomic mass is 32.2. The summed E-state index contributed by atoms with van der Waals surface area (Å²) in [4.78, 5) is 0. The molecule has 0 saturated heterocycles. The van der Waals surface area contributed by atoms with E-state index in [0.717, 1.165) is 11.2 Å². The number of rotatable bonds is 8. The highest BCUT2D eigenvalue weighted by Crippen LogP contribution is 2.07. The van der Waals surface area contributed by atoms with Crippen LogP contribution in [0.4, 0.5) is 0 Å². The second-order valence-corrected chi connectivity index (χ2v) is 5.89. The fourth-order valence-electron chi connectivity index (χ4n) is 1.13. The second-order valence-electron chi connectivity index (χ2n) is 4.21. The van der Waals surface area contributed by atoms with Crippen LogP contribution in [0.15, 0.2) is 0 Å².